The van der Waals surface area contributed by atoms with Crippen LogP contribution in [0.5, 0.6) is 0 Å². The molecule has 1 saturated heterocycles. The molecule has 2 unspecified atom stereocenters. The summed E-state index contributed by atoms with van der Waals surface area (Å²) in [7, 11) is 1.59. The van der Waals surface area contributed by atoms with E-state index in [-0.39, 0.29) is 18.7 Å². The van der Waals surface area contributed by atoms with E-state index in [1.165, 1.54) is 11.0 Å². The zero-order valence-electron chi connectivity index (χ0n) is 16.0. The van der Waals surface area contributed by atoms with Crippen LogP contribution >= 0.6 is 0 Å². The lowest BCUT2D eigenvalue weighted by Crippen LogP contribution is -2.64. The van der Waals surface area contributed by atoms with E-state index in [9.17, 15) is 19.1 Å². The Bertz CT molecular complexity index is 915. The van der Waals surface area contributed by atoms with Gasteiger partial charge < -0.3 is 14.9 Å². The summed E-state index contributed by atoms with van der Waals surface area (Å²) in [6.45, 7) is 3.94. The molecular formula is C19H22FN5O3. The Morgan fingerprint density at radius 2 is 1.86 bits per heavy atom. The number of aliphatic hydroxyl groups excluding tert-OH is 1. The topological polar surface area (TPSA) is 79.7 Å². The molecule has 2 atom stereocenters. The predicted octanol–water partition coefficient (Wildman–Crippen LogP) is 1.15. The number of guanidine groups is 1. The number of allylic oxidation sites excluding steroid dienone is 2. The number of hydrogen-bond acceptors (Lipinski definition) is 6. The van der Waals surface area contributed by atoms with Gasteiger partial charge in [0.05, 0.1) is 13.2 Å². The third-order valence-corrected chi connectivity index (χ3v) is 5.61. The maximum atomic E-state index is 14.1. The second kappa shape index (κ2) is 6.59. The average Bonchev–Trinajstić information content (AvgIpc) is 3.17. The van der Waals surface area contributed by atoms with Crippen molar-refractivity contribution in [2.75, 3.05) is 20.2 Å². The minimum Gasteiger partial charge on any atom is -0.395 e. The van der Waals surface area contributed by atoms with Gasteiger partial charge in [0, 0.05) is 30.5 Å². The summed E-state index contributed by atoms with van der Waals surface area (Å²) in [5.41, 5.74) is 2.03. The third kappa shape index (κ3) is 2.50. The number of hydrogen-bond donors (Lipinski definition) is 1. The first kappa shape index (κ1) is 18.4. The largest absolute Gasteiger partial charge is 0.395 e. The standard InChI is InChI=1S/C19H22FN5O3/c1-11-12(2)25-15-16(21-18(25)23(11)8-9-26)22(3)19(28)24(17(15)27)10-13-6-4-5-7-14(13)20/h4-7,15-16,26H,8-10H2,1-3H3. The molecule has 4 rings (SSSR count). The van der Waals surface area contributed by atoms with Crippen molar-refractivity contribution < 1.29 is 19.1 Å². The number of aliphatic hydroxyl groups is 1. The van der Waals surface area contributed by atoms with Crippen LogP contribution in [0.4, 0.5) is 9.18 Å². The number of halogens is 1. The van der Waals surface area contributed by atoms with Crippen LogP contribution in [-0.4, -0.2) is 75.0 Å². The number of urea groups is 1. The molecule has 1 aromatic carbocycles. The van der Waals surface area contributed by atoms with Gasteiger partial charge in [-0.1, -0.05) is 18.2 Å². The molecule has 0 aliphatic carbocycles. The first-order valence-corrected chi connectivity index (χ1v) is 9.11. The summed E-state index contributed by atoms with van der Waals surface area (Å²) in [6, 6.07) is 4.89. The molecule has 3 heterocycles. The normalized spacial score (nSPS) is 24.2. The van der Waals surface area contributed by atoms with Crippen molar-refractivity contribution in [3.8, 4) is 0 Å². The Labute approximate surface area is 162 Å². The molecule has 28 heavy (non-hydrogen) atoms. The molecule has 3 aliphatic rings. The lowest BCUT2D eigenvalue weighted by Gasteiger charge is -2.40. The van der Waals surface area contributed by atoms with Gasteiger partial charge in [0.1, 0.15) is 5.82 Å². The van der Waals surface area contributed by atoms with Crippen LogP contribution < -0.4 is 0 Å². The van der Waals surface area contributed by atoms with Gasteiger partial charge in [0.15, 0.2) is 12.2 Å². The number of fused-ring (bicyclic) bond motifs is 3. The third-order valence-electron chi connectivity index (χ3n) is 5.61. The summed E-state index contributed by atoms with van der Waals surface area (Å²) in [5, 5.41) is 9.37. The molecule has 0 bridgehead atoms. The number of nitrogens with zero attached hydrogens (tertiary/aromatic N) is 5. The Balaban J connectivity index is 1.69. The van der Waals surface area contributed by atoms with Gasteiger partial charge in [-0.15, -0.1) is 0 Å². The van der Waals surface area contributed by atoms with E-state index in [0.29, 0.717) is 12.5 Å². The summed E-state index contributed by atoms with van der Waals surface area (Å²) in [5.74, 6) is -0.314. The molecule has 9 heteroatoms. The molecule has 1 aromatic rings. The van der Waals surface area contributed by atoms with Crippen molar-refractivity contribution in [1.29, 1.82) is 0 Å². The fraction of sp³-hybridized carbons (Fsp3) is 0.421. The SMILES string of the molecule is CC1=C(C)N2C(=NC3C2C(=O)N(Cc2ccccc2F)C(=O)N3C)N1CCO. The Morgan fingerprint density at radius 1 is 1.14 bits per heavy atom. The monoisotopic (exact) mass is 387 g/mol. The lowest BCUT2D eigenvalue weighted by molar-refractivity contribution is -0.137. The first-order chi connectivity index (χ1) is 13.4. The molecule has 1 N–H and O–H groups in total. The maximum absolute atomic E-state index is 14.1. The van der Waals surface area contributed by atoms with E-state index in [1.54, 1.807) is 25.2 Å². The van der Waals surface area contributed by atoms with Crippen molar-refractivity contribution in [3.05, 3.63) is 47.0 Å². The molecule has 0 spiro atoms. The number of amides is 3. The molecule has 0 radical (unpaired) electrons. The van der Waals surface area contributed by atoms with E-state index in [2.05, 4.69) is 4.99 Å². The summed E-state index contributed by atoms with van der Waals surface area (Å²) < 4.78 is 14.1. The number of aliphatic imine (C=N–C) groups is 1. The smallest absolute Gasteiger partial charge is 0.328 e. The second-order valence-corrected chi connectivity index (χ2v) is 7.11. The van der Waals surface area contributed by atoms with Crippen LogP contribution in [0.25, 0.3) is 0 Å². The zero-order chi connectivity index (χ0) is 20.2. The van der Waals surface area contributed by atoms with Gasteiger partial charge >= 0.3 is 6.03 Å². The van der Waals surface area contributed by atoms with Crippen LogP contribution in [0.1, 0.15) is 19.4 Å². The van der Waals surface area contributed by atoms with Crippen LogP contribution in [0.3, 0.4) is 0 Å². The van der Waals surface area contributed by atoms with E-state index >= 15 is 0 Å². The molecule has 148 valence electrons. The second-order valence-electron chi connectivity index (χ2n) is 7.11. The number of β-amino-alcohol motifs (C(OH)–C–C–N with tert-alkyl or cyclic N) is 1. The highest BCUT2D eigenvalue weighted by Gasteiger charge is 2.55. The first-order valence-electron chi connectivity index (χ1n) is 9.11. The van der Waals surface area contributed by atoms with Crippen LogP contribution in [0.2, 0.25) is 0 Å². The maximum Gasteiger partial charge on any atom is 0.328 e. The number of benzene rings is 1. The number of carbonyl (C=O) groups is 2. The predicted molar refractivity (Wildman–Crippen MR) is 99.1 cm³/mol. The van der Waals surface area contributed by atoms with E-state index in [0.717, 1.165) is 16.3 Å². The van der Waals surface area contributed by atoms with Crippen molar-refractivity contribution in [2.45, 2.75) is 32.6 Å². The molecule has 0 saturated carbocycles. The number of rotatable bonds is 4. The minimum atomic E-state index is -0.705. The van der Waals surface area contributed by atoms with Gasteiger partial charge in [-0.05, 0) is 19.9 Å². The van der Waals surface area contributed by atoms with Crippen molar-refractivity contribution in [3.63, 3.8) is 0 Å². The number of carbonyl (C=O) groups excluding carboxylic acids is 2. The number of imide groups is 1. The van der Waals surface area contributed by atoms with Crippen LogP contribution in [0.15, 0.2) is 40.7 Å². The van der Waals surface area contributed by atoms with Gasteiger partial charge in [0.2, 0.25) is 5.96 Å². The molecule has 3 aliphatic heterocycles. The Kier molecular flexibility index (Phi) is 4.34. The molecule has 0 aromatic heterocycles. The fourth-order valence-electron chi connectivity index (χ4n) is 3.99. The number of likely N-dealkylation sites (N-methyl/N-ethyl adjacent to an activating group) is 1. The molecule has 8 nitrogen and oxygen atoms in total. The van der Waals surface area contributed by atoms with E-state index in [1.807, 2.05) is 23.6 Å². The van der Waals surface area contributed by atoms with Crippen molar-refractivity contribution in [2.24, 2.45) is 4.99 Å². The zero-order valence-corrected chi connectivity index (χ0v) is 16.0. The van der Waals surface area contributed by atoms with E-state index < -0.39 is 30.0 Å². The average molecular weight is 387 g/mol. The molecular weight excluding hydrogens is 365 g/mol. The highest BCUT2D eigenvalue weighted by molar-refractivity contribution is 6.05. The van der Waals surface area contributed by atoms with Gasteiger partial charge in [-0.25, -0.2) is 14.2 Å². The summed E-state index contributed by atoms with van der Waals surface area (Å²) in [4.78, 5) is 36.9. The Morgan fingerprint density at radius 3 is 2.54 bits per heavy atom. The van der Waals surface area contributed by atoms with Crippen molar-refractivity contribution >= 4 is 17.9 Å². The molecule has 3 amide bonds. The molecule has 1 fully saturated rings. The quantitative estimate of drug-likeness (QED) is 0.838. The summed E-state index contributed by atoms with van der Waals surface area (Å²) in [6.07, 6.45) is -0.656. The fourth-order valence-corrected chi connectivity index (χ4v) is 3.99. The highest BCUT2D eigenvalue weighted by Crippen LogP contribution is 2.37. The Hall–Kier alpha value is -2.94. The summed E-state index contributed by atoms with van der Waals surface area (Å²) >= 11 is 0. The minimum absolute atomic E-state index is 0.0606. The lowest BCUT2D eigenvalue weighted by atomic mass is 10.1. The van der Waals surface area contributed by atoms with Crippen molar-refractivity contribution in [1.82, 2.24) is 19.6 Å². The van der Waals surface area contributed by atoms with E-state index in [4.69, 9.17) is 0 Å². The van der Waals surface area contributed by atoms with Gasteiger partial charge in [0.25, 0.3) is 5.91 Å². The van der Waals surface area contributed by atoms with Gasteiger partial charge in [-0.3, -0.25) is 14.6 Å². The van der Waals surface area contributed by atoms with Crippen LogP contribution in [-0.2, 0) is 11.3 Å². The highest BCUT2D eigenvalue weighted by atomic mass is 19.1. The van der Waals surface area contributed by atoms with Gasteiger partial charge in [-0.2, -0.15) is 0 Å². The van der Waals surface area contributed by atoms with Crippen LogP contribution in [0, 0.1) is 5.82 Å².